The van der Waals surface area contributed by atoms with Crippen LogP contribution >= 0.6 is 11.6 Å². The molecule has 0 aliphatic rings. The van der Waals surface area contributed by atoms with Crippen LogP contribution < -0.4 is 4.74 Å². The van der Waals surface area contributed by atoms with E-state index < -0.39 is 22.5 Å². The van der Waals surface area contributed by atoms with Crippen molar-refractivity contribution in [3.8, 4) is 5.75 Å². The number of benzene rings is 2. The smallest absolute Gasteiger partial charge is 0.338 e. The van der Waals surface area contributed by atoms with E-state index in [1.54, 1.807) is 24.3 Å². The van der Waals surface area contributed by atoms with Gasteiger partial charge in [0.05, 0.1) is 23.2 Å². The molecule has 136 valence electrons. The van der Waals surface area contributed by atoms with Crippen molar-refractivity contribution in [3.05, 3.63) is 68.7 Å². The lowest BCUT2D eigenvalue weighted by Crippen LogP contribution is -2.13. The van der Waals surface area contributed by atoms with Crippen LogP contribution in [0.3, 0.4) is 0 Å². The van der Waals surface area contributed by atoms with Crippen LogP contribution in [0.1, 0.15) is 20.7 Å². The van der Waals surface area contributed by atoms with Crippen LogP contribution in [0.15, 0.2) is 42.5 Å². The van der Waals surface area contributed by atoms with Crippen molar-refractivity contribution < 1.29 is 28.7 Å². The number of carbonyl (C=O) groups is 2. The fourth-order valence-electron chi connectivity index (χ4n) is 1.98. The molecular formula is C17H14ClNO7. The molecule has 0 heterocycles. The van der Waals surface area contributed by atoms with E-state index in [0.29, 0.717) is 10.8 Å². The highest BCUT2D eigenvalue weighted by Gasteiger charge is 2.19. The van der Waals surface area contributed by atoms with E-state index in [1.165, 1.54) is 6.07 Å². The Balaban J connectivity index is 1.99. The monoisotopic (exact) mass is 379 g/mol. The Labute approximate surface area is 153 Å². The quantitative estimate of drug-likeness (QED) is 0.314. The third kappa shape index (κ3) is 5.18. The molecule has 0 aliphatic carbocycles. The van der Waals surface area contributed by atoms with Crippen LogP contribution in [0, 0.1) is 10.1 Å². The predicted octanol–water partition coefficient (Wildman–Crippen LogP) is 3.27. The molecule has 2 rings (SSSR count). The molecule has 8 nitrogen and oxygen atoms in total. The molecule has 0 unspecified atom stereocenters. The first kappa shape index (κ1) is 19.2. The molecule has 0 N–H and O–H groups in total. The largest absolute Gasteiger partial charge is 0.490 e. The molecule has 0 spiro atoms. The van der Waals surface area contributed by atoms with Gasteiger partial charge in [-0.2, -0.15) is 0 Å². The van der Waals surface area contributed by atoms with Gasteiger partial charge in [-0.15, -0.1) is 0 Å². The van der Waals surface area contributed by atoms with Gasteiger partial charge in [-0.3, -0.25) is 10.1 Å². The van der Waals surface area contributed by atoms with Crippen molar-refractivity contribution in [1.29, 1.82) is 0 Å². The molecule has 26 heavy (non-hydrogen) atoms. The summed E-state index contributed by atoms with van der Waals surface area (Å²) in [4.78, 5) is 33.9. The Morgan fingerprint density at radius 1 is 1.04 bits per heavy atom. The van der Waals surface area contributed by atoms with Crippen LogP contribution in [-0.4, -0.2) is 37.2 Å². The van der Waals surface area contributed by atoms with Gasteiger partial charge in [-0.25, -0.2) is 9.59 Å². The second kappa shape index (κ2) is 8.82. The Kier molecular flexibility index (Phi) is 6.51. The first-order chi connectivity index (χ1) is 12.4. The summed E-state index contributed by atoms with van der Waals surface area (Å²) in [6.07, 6.45) is 0. The van der Waals surface area contributed by atoms with Crippen LogP contribution in [0.4, 0.5) is 5.69 Å². The number of esters is 2. The predicted molar refractivity (Wildman–Crippen MR) is 91.7 cm³/mol. The SMILES string of the molecule is COC(=O)c1cc(C(=O)OCCOc2ccc(Cl)cc2)cc([N+](=O)[O-])c1. The highest BCUT2D eigenvalue weighted by atomic mass is 35.5. The van der Waals surface area contributed by atoms with E-state index in [-0.39, 0.29) is 24.3 Å². The van der Waals surface area contributed by atoms with Gasteiger partial charge >= 0.3 is 11.9 Å². The number of hydrogen-bond acceptors (Lipinski definition) is 7. The molecule has 0 saturated heterocycles. The average Bonchev–Trinajstić information content (AvgIpc) is 2.65. The van der Waals surface area contributed by atoms with Gasteiger partial charge in [-0.1, -0.05) is 11.6 Å². The Hall–Kier alpha value is -3.13. The zero-order chi connectivity index (χ0) is 19.1. The molecule has 0 fully saturated rings. The van der Waals surface area contributed by atoms with E-state index in [0.717, 1.165) is 19.2 Å². The van der Waals surface area contributed by atoms with E-state index in [1.807, 2.05) is 0 Å². The third-order valence-electron chi connectivity index (χ3n) is 3.18. The van der Waals surface area contributed by atoms with Crippen LogP contribution in [-0.2, 0) is 9.47 Å². The molecule has 0 bridgehead atoms. The molecule has 0 radical (unpaired) electrons. The molecular weight excluding hydrogens is 366 g/mol. The van der Waals surface area contributed by atoms with Gasteiger partial charge in [0.25, 0.3) is 5.69 Å². The molecule has 0 amide bonds. The minimum Gasteiger partial charge on any atom is -0.490 e. The van der Waals surface area contributed by atoms with Gasteiger partial charge in [0.2, 0.25) is 0 Å². The Morgan fingerprint density at radius 2 is 1.65 bits per heavy atom. The second-order valence-electron chi connectivity index (χ2n) is 4.96. The molecule has 9 heteroatoms. The number of nitrogens with zero attached hydrogens (tertiary/aromatic N) is 1. The fourth-order valence-corrected chi connectivity index (χ4v) is 2.10. The molecule has 2 aromatic rings. The molecule has 2 aromatic carbocycles. The van der Waals surface area contributed by atoms with Crippen molar-refractivity contribution in [2.24, 2.45) is 0 Å². The minimum atomic E-state index is -0.821. The number of non-ortho nitro benzene ring substituents is 1. The molecule has 0 aliphatic heterocycles. The summed E-state index contributed by atoms with van der Waals surface area (Å²) >= 11 is 5.76. The average molecular weight is 380 g/mol. The Morgan fingerprint density at radius 3 is 2.23 bits per heavy atom. The van der Waals surface area contributed by atoms with Crippen LogP contribution in [0.25, 0.3) is 0 Å². The van der Waals surface area contributed by atoms with Gasteiger partial charge < -0.3 is 14.2 Å². The summed E-state index contributed by atoms with van der Waals surface area (Å²) in [5.41, 5.74) is -0.672. The fraction of sp³-hybridized carbons (Fsp3) is 0.176. The summed E-state index contributed by atoms with van der Waals surface area (Å²) in [5.74, 6) is -1.07. The number of hydrogen-bond donors (Lipinski definition) is 0. The van der Waals surface area contributed by atoms with E-state index in [2.05, 4.69) is 4.74 Å². The number of nitro benzene ring substituents is 1. The summed E-state index contributed by atoms with van der Waals surface area (Å²) in [6, 6.07) is 9.84. The summed E-state index contributed by atoms with van der Waals surface area (Å²) in [5, 5.41) is 11.5. The topological polar surface area (TPSA) is 105 Å². The maximum atomic E-state index is 12.1. The number of methoxy groups -OCH3 is 1. The second-order valence-corrected chi connectivity index (χ2v) is 5.39. The summed E-state index contributed by atoms with van der Waals surface area (Å²) in [7, 11) is 1.13. The van der Waals surface area contributed by atoms with Gasteiger partial charge in [-0.05, 0) is 30.3 Å². The lowest BCUT2D eigenvalue weighted by molar-refractivity contribution is -0.384. The first-order valence-electron chi connectivity index (χ1n) is 7.34. The van der Waals surface area contributed by atoms with Gasteiger partial charge in [0.15, 0.2) is 0 Å². The molecule has 0 atom stereocenters. The zero-order valence-electron chi connectivity index (χ0n) is 13.6. The van der Waals surface area contributed by atoms with Crippen LogP contribution in [0.5, 0.6) is 5.75 Å². The van der Waals surface area contributed by atoms with E-state index in [9.17, 15) is 19.7 Å². The number of halogens is 1. The van der Waals surface area contributed by atoms with Gasteiger partial charge in [0.1, 0.15) is 19.0 Å². The highest BCUT2D eigenvalue weighted by Crippen LogP contribution is 2.19. The number of ether oxygens (including phenoxy) is 3. The lowest BCUT2D eigenvalue weighted by Gasteiger charge is -2.08. The molecule has 0 saturated carbocycles. The third-order valence-corrected chi connectivity index (χ3v) is 3.44. The maximum absolute atomic E-state index is 12.1. The van der Waals surface area contributed by atoms with Crippen LogP contribution in [0.2, 0.25) is 5.02 Å². The van der Waals surface area contributed by atoms with E-state index >= 15 is 0 Å². The van der Waals surface area contributed by atoms with Crippen molar-refractivity contribution in [3.63, 3.8) is 0 Å². The number of nitro groups is 1. The summed E-state index contributed by atoms with van der Waals surface area (Å²) in [6.45, 7) is -0.0101. The van der Waals surface area contributed by atoms with Gasteiger partial charge in [0, 0.05) is 17.2 Å². The normalized spacial score (nSPS) is 10.1. The highest BCUT2D eigenvalue weighted by molar-refractivity contribution is 6.30. The zero-order valence-corrected chi connectivity index (χ0v) is 14.4. The maximum Gasteiger partial charge on any atom is 0.338 e. The van der Waals surface area contributed by atoms with Crippen molar-refractivity contribution in [2.45, 2.75) is 0 Å². The lowest BCUT2D eigenvalue weighted by atomic mass is 10.1. The van der Waals surface area contributed by atoms with Crippen molar-refractivity contribution in [1.82, 2.24) is 0 Å². The van der Waals surface area contributed by atoms with Crippen molar-refractivity contribution in [2.75, 3.05) is 20.3 Å². The molecule has 0 aromatic heterocycles. The minimum absolute atomic E-state index is 0.0756. The standard InChI is InChI=1S/C17H14ClNO7/c1-24-16(20)11-8-12(10-14(9-11)19(22)23)17(21)26-7-6-25-15-4-2-13(18)3-5-15/h2-5,8-10H,6-7H2,1H3. The Bertz CT molecular complexity index is 820. The first-order valence-corrected chi connectivity index (χ1v) is 7.72. The number of carbonyl (C=O) groups excluding carboxylic acids is 2. The number of rotatable bonds is 7. The summed E-state index contributed by atoms with van der Waals surface area (Å²) < 4.78 is 14.9. The van der Waals surface area contributed by atoms with E-state index in [4.69, 9.17) is 21.1 Å². The van der Waals surface area contributed by atoms with Crippen molar-refractivity contribution >= 4 is 29.2 Å².